The Balaban J connectivity index is 2.06. The van der Waals surface area contributed by atoms with E-state index in [1.54, 1.807) is 44.2 Å². The smallest absolute Gasteiger partial charge is 0.225 e. The van der Waals surface area contributed by atoms with E-state index in [-0.39, 0.29) is 18.2 Å². The molecule has 2 amide bonds. The summed E-state index contributed by atoms with van der Waals surface area (Å²) in [4.78, 5) is 25.6. The molecule has 1 atom stereocenters. The minimum atomic E-state index is -0.405. The molecule has 1 aromatic carbocycles. The van der Waals surface area contributed by atoms with Gasteiger partial charge in [0.1, 0.15) is 17.2 Å². The van der Waals surface area contributed by atoms with Gasteiger partial charge in [-0.05, 0) is 24.6 Å². The fraction of sp³-hybridized carbons (Fsp3) is 0.389. The van der Waals surface area contributed by atoms with Crippen LogP contribution in [0.1, 0.15) is 36.4 Å². The van der Waals surface area contributed by atoms with E-state index >= 15 is 0 Å². The summed E-state index contributed by atoms with van der Waals surface area (Å²) in [6, 6.07) is 8.67. The molecule has 7 nitrogen and oxygen atoms in total. The predicted molar refractivity (Wildman–Crippen MR) is 91.9 cm³/mol. The van der Waals surface area contributed by atoms with E-state index in [2.05, 4.69) is 10.5 Å². The second-order valence-electron chi connectivity index (χ2n) is 5.91. The molecule has 25 heavy (non-hydrogen) atoms. The molecule has 2 rings (SSSR count). The van der Waals surface area contributed by atoms with Crippen LogP contribution in [0.15, 0.2) is 34.9 Å². The largest absolute Gasteiger partial charge is 0.497 e. The number of nitrogens with zero attached hydrogens (tertiary/aromatic N) is 2. The zero-order valence-electron chi connectivity index (χ0n) is 14.9. The van der Waals surface area contributed by atoms with Crippen molar-refractivity contribution < 1.29 is 18.8 Å². The molecule has 0 bridgehead atoms. The van der Waals surface area contributed by atoms with Gasteiger partial charge in [-0.15, -0.1) is 0 Å². The van der Waals surface area contributed by atoms with Gasteiger partial charge in [-0.25, -0.2) is 0 Å². The third-order valence-corrected chi connectivity index (χ3v) is 3.78. The summed E-state index contributed by atoms with van der Waals surface area (Å²) in [5, 5.41) is 6.72. The molecule has 0 aliphatic rings. The highest BCUT2D eigenvalue weighted by molar-refractivity contribution is 5.79. The lowest BCUT2D eigenvalue weighted by Crippen LogP contribution is -2.33. The maximum absolute atomic E-state index is 12.5. The van der Waals surface area contributed by atoms with Crippen molar-refractivity contribution in [2.24, 2.45) is 0 Å². The number of hydrogen-bond acceptors (Lipinski definition) is 5. The summed E-state index contributed by atoms with van der Waals surface area (Å²) < 4.78 is 10.2. The number of aryl methyl sites for hydroxylation is 1. The first-order chi connectivity index (χ1) is 11.9. The van der Waals surface area contributed by atoms with Gasteiger partial charge >= 0.3 is 0 Å². The molecule has 1 N–H and O–H groups in total. The van der Waals surface area contributed by atoms with Crippen LogP contribution in [0.2, 0.25) is 0 Å². The molecular formula is C18H23N3O4. The Bertz CT molecular complexity index is 724. The average molecular weight is 345 g/mol. The van der Waals surface area contributed by atoms with Crippen molar-refractivity contribution in [1.29, 1.82) is 0 Å². The van der Waals surface area contributed by atoms with Gasteiger partial charge in [0.2, 0.25) is 11.8 Å². The summed E-state index contributed by atoms with van der Waals surface area (Å²) in [5.74, 6) is 1.12. The van der Waals surface area contributed by atoms with Crippen molar-refractivity contribution in [1.82, 2.24) is 15.4 Å². The van der Waals surface area contributed by atoms with Crippen LogP contribution in [-0.4, -0.2) is 36.0 Å². The molecule has 0 aliphatic carbocycles. The summed E-state index contributed by atoms with van der Waals surface area (Å²) in [6.07, 6.45) is 0.152. The Morgan fingerprint density at radius 3 is 2.52 bits per heavy atom. The Kier molecular flexibility index (Phi) is 6.16. The molecule has 0 aliphatic heterocycles. The highest BCUT2D eigenvalue weighted by Crippen LogP contribution is 2.21. The number of aromatic nitrogens is 1. The predicted octanol–water partition coefficient (Wildman–Crippen LogP) is 2.22. The van der Waals surface area contributed by atoms with Gasteiger partial charge in [-0.2, -0.15) is 0 Å². The van der Waals surface area contributed by atoms with Gasteiger partial charge in [0.25, 0.3) is 0 Å². The maximum Gasteiger partial charge on any atom is 0.225 e. The second kappa shape index (κ2) is 8.32. The first-order valence-corrected chi connectivity index (χ1v) is 7.96. The van der Waals surface area contributed by atoms with Crippen molar-refractivity contribution >= 4 is 11.8 Å². The van der Waals surface area contributed by atoms with E-state index in [9.17, 15) is 9.59 Å². The molecular weight excluding hydrogens is 322 g/mol. The SMILES string of the molecule is COc1ccc([C@@H](CC(=O)N(C)Cc2cc(C)on2)NC(C)=O)cc1. The van der Waals surface area contributed by atoms with E-state index in [1.165, 1.54) is 6.92 Å². The number of carbonyl (C=O) groups excluding carboxylic acids is 2. The van der Waals surface area contributed by atoms with Crippen LogP contribution in [0, 0.1) is 6.92 Å². The van der Waals surface area contributed by atoms with Crippen molar-refractivity contribution in [3.05, 3.63) is 47.3 Å². The molecule has 2 aromatic rings. The highest BCUT2D eigenvalue weighted by Gasteiger charge is 2.20. The Labute approximate surface area is 146 Å². The monoisotopic (exact) mass is 345 g/mol. The molecule has 0 saturated carbocycles. The lowest BCUT2D eigenvalue weighted by molar-refractivity contribution is -0.131. The second-order valence-corrected chi connectivity index (χ2v) is 5.91. The van der Waals surface area contributed by atoms with Crippen molar-refractivity contribution in [3.63, 3.8) is 0 Å². The number of methoxy groups -OCH3 is 1. The van der Waals surface area contributed by atoms with Crippen LogP contribution in [0.5, 0.6) is 5.75 Å². The fourth-order valence-corrected chi connectivity index (χ4v) is 2.49. The van der Waals surface area contributed by atoms with Crippen LogP contribution in [0.25, 0.3) is 0 Å². The number of rotatable bonds is 7. The quantitative estimate of drug-likeness (QED) is 0.832. The van der Waals surface area contributed by atoms with Crippen LogP contribution >= 0.6 is 0 Å². The van der Waals surface area contributed by atoms with Crippen LogP contribution in [-0.2, 0) is 16.1 Å². The lowest BCUT2D eigenvalue weighted by atomic mass is 10.0. The minimum Gasteiger partial charge on any atom is -0.497 e. The topological polar surface area (TPSA) is 84.7 Å². The van der Waals surface area contributed by atoms with Crippen molar-refractivity contribution in [2.45, 2.75) is 32.9 Å². The number of ether oxygens (including phenoxy) is 1. The Morgan fingerprint density at radius 2 is 2.00 bits per heavy atom. The van der Waals surface area contributed by atoms with Gasteiger partial charge in [0.15, 0.2) is 0 Å². The van der Waals surface area contributed by atoms with E-state index in [0.29, 0.717) is 18.0 Å². The number of nitrogens with one attached hydrogen (secondary N) is 1. The summed E-state index contributed by atoms with van der Waals surface area (Å²) >= 11 is 0. The van der Waals surface area contributed by atoms with Crippen LogP contribution in [0.4, 0.5) is 0 Å². The van der Waals surface area contributed by atoms with Crippen LogP contribution < -0.4 is 10.1 Å². The van der Waals surface area contributed by atoms with E-state index in [1.807, 2.05) is 12.1 Å². The molecule has 1 aromatic heterocycles. The fourth-order valence-electron chi connectivity index (χ4n) is 2.49. The van der Waals surface area contributed by atoms with E-state index in [4.69, 9.17) is 9.26 Å². The summed E-state index contributed by atoms with van der Waals surface area (Å²) in [5.41, 5.74) is 1.53. The molecule has 1 heterocycles. The summed E-state index contributed by atoms with van der Waals surface area (Å²) in [7, 11) is 3.29. The van der Waals surface area contributed by atoms with Crippen molar-refractivity contribution in [2.75, 3.05) is 14.2 Å². The van der Waals surface area contributed by atoms with Crippen molar-refractivity contribution in [3.8, 4) is 5.75 Å². The maximum atomic E-state index is 12.5. The molecule has 0 saturated heterocycles. The minimum absolute atomic E-state index is 0.102. The zero-order valence-corrected chi connectivity index (χ0v) is 14.9. The summed E-state index contributed by atoms with van der Waals surface area (Å²) in [6.45, 7) is 3.59. The third-order valence-electron chi connectivity index (χ3n) is 3.78. The van der Waals surface area contributed by atoms with Gasteiger partial charge in [0, 0.05) is 20.0 Å². The Morgan fingerprint density at radius 1 is 1.32 bits per heavy atom. The zero-order chi connectivity index (χ0) is 18.4. The first-order valence-electron chi connectivity index (χ1n) is 7.96. The van der Waals surface area contributed by atoms with E-state index in [0.717, 1.165) is 11.3 Å². The standard InChI is InChI=1S/C18H23N3O4/c1-12-9-15(20-25-12)11-21(3)18(23)10-17(19-13(2)22)14-5-7-16(24-4)8-6-14/h5-9,17H,10-11H2,1-4H3,(H,19,22)/t17-/m1/s1. The molecule has 0 fully saturated rings. The highest BCUT2D eigenvalue weighted by atomic mass is 16.5. The number of benzene rings is 1. The molecule has 0 radical (unpaired) electrons. The van der Waals surface area contributed by atoms with Gasteiger partial charge in [-0.3, -0.25) is 9.59 Å². The molecule has 0 unspecified atom stereocenters. The average Bonchev–Trinajstić information content (AvgIpc) is 2.98. The third kappa shape index (κ3) is 5.34. The first kappa shape index (κ1) is 18.5. The normalized spacial score (nSPS) is 11.7. The molecule has 7 heteroatoms. The van der Waals surface area contributed by atoms with Gasteiger partial charge in [0.05, 0.1) is 26.1 Å². The number of amides is 2. The Hall–Kier alpha value is -2.83. The molecule has 134 valence electrons. The molecule has 0 spiro atoms. The van der Waals surface area contributed by atoms with Gasteiger partial charge in [-0.1, -0.05) is 17.3 Å². The number of carbonyl (C=O) groups is 2. The number of hydrogen-bond donors (Lipinski definition) is 1. The lowest BCUT2D eigenvalue weighted by Gasteiger charge is -2.22. The van der Waals surface area contributed by atoms with E-state index < -0.39 is 6.04 Å². The van der Waals surface area contributed by atoms with Gasteiger partial charge < -0.3 is 19.5 Å². The van der Waals surface area contributed by atoms with Crippen LogP contribution in [0.3, 0.4) is 0 Å².